The molecule has 2 heterocycles. The third-order valence-electron chi connectivity index (χ3n) is 2.43. The van der Waals surface area contributed by atoms with Gasteiger partial charge >= 0.3 is 0 Å². The predicted molar refractivity (Wildman–Crippen MR) is 56.5 cm³/mol. The Morgan fingerprint density at radius 1 is 1.47 bits per heavy atom. The van der Waals surface area contributed by atoms with Crippen LogP contribution in [0.1, 0.15) is 17.1 Å². The first-order valence-corrected chi connectivity index (χ1v) is 4.80. The van der Waals surface area contributed by atoms with E-state index in [4.69, 9.17) is 4.42 Å². The van der Waals surface area contributed by atoms with Gasteiger partial charge in [0.05, 0.1) is 29.8 Å². The molecule has 80 valence electrons. The van der Waals surface area contributed by atoms with E-state index in [1.807, 2.05) is 25.6 Å². The van der Waals surface area contributed by atoms with Gasteiger partial charge in [-0.3, -0.25) is 4.68 Å². The molecule has 0 amide bonds. The maximum atomic E-state index is 5.14. The van der Waals surface area contributed by atoms with Gasteiger partial charge in [0.1, 0.15) is 5.76 Å². The van der Waals surface area contributed by atoms with Gasteiger partial charge in [-0.2, -0.15) is 5.10 Å². The molecular formula is C10H14N4O. The van der Waals surface area contributed by atoms with E-state index in [2.05, 4.69) is 15.4 Å². The van der Waals surface area contributed by atoms with Gasteiger partial charge < -0.3 is 9.73 Å². The van der Waals surface area contributed by atoms with Gasteiger partial charge in [0, 0.05) is 7.05 Å². The number of nitrogens with one attached hydrogen (secondary N) is 1. The minimum atomic E-state index is 0.632. The number of nitrogens with zero attached hydrogens (tertiary/aromatic N) is 3. The van der Waals surface area contributed by atoms with Gasteiger partial charge in [-0.25, -0.2) is 4.98 Å². The molecule has 0 spiro atoms. The van der Waals surface area contributed by atoms with Crippen molar-refractivity contribution < 1.29 is 4.42 Å². The molecule has 0 aliphatic carbocycles. The highest BCUT2D eigenvalue weighted by molar-refractivity contribution is 5.51. The van der Waals surface area contributed by atoms with Gasteiger partial charge in [0.2, 0.25) is 0 Å². The Morgan fingerprint density at radius 2 is 2.27 bits per heavy atom. The fourth-order valence-electron chi connectivity index (χ4n) is 1.53. The summed E-state index contributed by atoms with van der Waals surface area (Å²) in [6, 6.07) is 0. The summed E-state index contributed by atoms with van der Waals surface area (Å²) in [6.45, 7) is 4.64. The topological polar surface area (TPSA) is 55.9 Å². The largest absolute Gasteiger partial charge is 0.447 e. The van der Waals surface area contributed by atoms with Crippen LogP contribution in [0.15, 0.2) is 17.0 Å². The molecule has 0 saturated heterocycles. The second-order valence-corrected chi connectivity index (χ2v) is 3.49. The molecule has 2 aromatic rings. The normalized spacial score (nSPS) is 10.6. The fraction of sp³-hybridized carbons (Fsp3) is 0.400. The molecule has 2 rings (SSSR count). The summed E-state index contributed by atoms with van der Waals surface area (Å²) >= 11 is 0. The van der Waals surface area contributed by atoms with Crippen LogP contribution in [0.4, 0.5) is 5.69 Å². The first-order chi connectivity index (χ1) is 7.18. The highest BCUT2D eigenvalue weighted by Crippen LogP contribution is 2.18. The Balaban J connectivity index is 2.11. The maximum Gasteiger partial charge on any atom is 0.180 e. The van der Waals surface area contributed by atoms with Gasteiger partial charge in [0.25, 0.3) is 0 Å². The molecular weight excluding hydrogens is 192 g/mol. The Bertz CT molecular complexity index is 444. The summed E-state index contributed by atoms with van der Waals surface area (Å²) in [4.78, 5) is 3.86. The Labute approximate surface area is 88.1 Å². The lowest BCUT2D eigenvalue weighted by molar-refractivity contribution is 0.511. The molecule has 0 bridgehead atoms. The molecule has 0 radical (unpaired) electrons. The third-order valence-corrected chi connectivity index (χ3v) is 2.43. The van der Waals surface area contributed by atoms with Crippen LogP contribution >= 0.6 is 0 Å². The number of aryl methyl sites for hydroxylation is 2. The van der Waals surface area contributed by atoms with E-state index in [-0.39, 0.29) is 0 Å². The average molecular weight is 206 g/mol. The second-order valence-electron chi connectivity index (χ2n) is 3.49. The van der Waals surface area contributed by atoms with Crippen molar-refractivity contribution in [2.45, 2.75) is 20.4 Å². The Morgan fingerprint density at radius 3 is 2.80 bits per heavy atom. The summed E-state index contributed by atoms with van der Waals surface area (Å²) in [5.74, 6) is 0.817. The van der Waals surface area contributed by atoms with E-state index >= 15 is 0 Å². The van der Waals surface area contributed by atoms with Crippen molar-refractivity contribution in [3.63, 3.8) is 0 Å². The summed E-state index contributed by atoms with van der Waals surface area (Å²) in [5, 5.41) is 7.61. The molecule has 5 nitrogen and oxygen atoms in total. The Kier molecular flexibility index (Phi) is 2.45. The molecule has 0 aliphatic heterocycles. The molecule has 0 unspecified atom stereocenters. The number of hydrogen-bond donors (Lipinski definition) is 1. The summed E-state index contributed by atoms with van der Waals surface area (Å²) < 4.78 is 7.00. The predicted octanol–water partition coefficient (Wildman–Crippen LogP) is 1.64. The molecule has 2 aromatic heterocycles. The van der Waals surface area contributed by atoms with Crippen molar-refractivity contribution in [2.75, 3.05) is 5.32 Å². The summed E-state index contributed by atoms with van der Waals surface area (Å²) in [6.07, 6.45) is 3.13. The number of aromatic nitrogens is 3. The van der Waals surface area contributed by atoms with E-state index in [0.29, 0.717) is 6.54 Å². The lowest BCUT2D eigenvalue weighted by Gasteiger charge is -2.03. The summed E-state index contributed by atoms with van der Waals surface area (Å²) in [7, 11) is 1.93. The minimum absolute atomic E-state index is 0.632. The van der Waals surface area contributed by atoms with E-state index in [0.717, 1.165) is 22.8 Å². The molecule has 0 fully saturated rings. The monoisotopic (exact) mass is 206 g/mol. The number of hydrogen-bond acceptors (Lipinski definition) is 4. The Hall–Kier alpha value is -1.78. The molecule has 15 heavy (non-hydrogen) atoms. The van der Waals surface area contributed by atoms with Crippen LogP contribution in [0.25, 0.3) is 0 Å². The van der Waals surface area contributed by atoms with Crippen molar-refractivity contribution in [3.8, 4) is 0 Å². The molecule has 0 atom stereocenters. The fourth-order valence-corrected chi connectivity index (χ4v) is 1.53. The lowest BCUT2D eigenvalue weighted by Crippen LogP contribution is -2.00. The molecule has 0 saturated carbocycles. The highest BCUT2D eigenvalue weighted by atomic mass is 16.3. The van der Waals surface area contributed by atoms with Gasteiger partial charge in [-0.15, -0.1) is 0 Å². The zero-order chi connectivity index (χ0) is 10.8. The minimum Gasteiger partial charge on any atom is -0.447 e. The van der Waals surface area contributed by atoms with Crippen molar-refractivity contribution in [1.82, 2.24) is 14.8 Å². The van der Waals surface area contributed by atoms with E-state index < -0.39 is 0 Å². The lowest BCUT2D eigenvalue weighted by atomic mass is 10.3. The van der Waals surface area contributed by atoms with Gasteiger partial charge in [-0.05, 0) is 13.8 Å². The first-order valence-electron chi connectivity index (χ1n) is 4.80. The van der Waals surface area contributed by atoms with Crippen LogP contribution in [0, 0.1) is 13.8 Å². The van der Waals surface area contributed by atoms with Crippen molar-refractivity contribution in [1.29, 1.82) is 0 Å². The van der Waals surface area contributed by atoms with Crippen molar-refractivity contribution in [2.24, 2.45) is 7.05 Å². The zero-order valence-electron chi connectivity index (χ0n) is 9.11. The molecule has 1 N–H and O–H groups in total. The van der Waals surface area contributed by atoms with Crippen LogP contribution < -0.4 is 5.32 Å². The zero-order valence-corrected chi connectivity index (χ0v) is 9.11. The number of rotatable bonds is 3. The second kappa shape index (κ2) is 3.76. The quantitative estimate of drug-likeness (QED) is 0.829. The van der Waals surface area contributed by atoms with Gasteiger partial charge in [0.15, 0.2) is 6.39 Å². The number of oxazole rings is 1. The van der Waals surface area contributed by atoms with Crippen LogP contribution in [0.2, 0.25) is 0 Å². The summed E-state index contributed by atoms with van der Waals surface area (Å²) in [5.41, 5.74) is 3.18. The van der Waals surface area contributed by atoms with E-state index in [1.165, 1.54) is 6.39 Å². The maximum absolute atomic E-state index is 5.14. The standard InChI is InChI=1S/C10H14N4O/c1-7-10(8(2)14(3)13-7)12-5-9-4-11-6-15-9/h4,6,12H,5H2,1-3H3. The van der Waals surface area contributed by atoms with E-state index in [1.54, 1.807) is 6.20 Å². The van der Waals surface area contributed by atoms with Crippen molar-refractivity contribution >= 4 is 5.69 Å². The number of anilines is 1. The smallest absolute Gasteiger partial charge is 0.180 e. The van der Waals surface area contributed by atoms with Crippen LogP contribution in [0.3, 0.4) is 0 Å². The van der Waals surface area contributed by atoms with Crippen LogP contribution in [-0.2, 0) is 13.6 Å². The van der Waals surface area contributed by atoms with E-state index in [9.17, 15) is 0 Å². The third kappa shape index (κ3) is 1.86. The highest BCUT2D eigenvalue weighted by Gasteiger charge is 2.08. The van der Waals surface area contributed by atoms with Crippen LogP contribution in [-0.4, -0.2) is 14.8 Å². The molecule has 5 heteroatoms. The first kappa shape index (κ1) is 9.76. The SMILES string of the molecule is Cc1nn(C)c(C)c1NCc1cnco1. The molecule has 0 aromatic carbocycles. The van der Waals surface area contributed by atoms with Crippen LogP contribution in [0.5, 0.6) is 0 Å². The van der Waals surface area contributed by atoms with Gasteiger partial charge in [-0.1, -0.05) is 0 Å². The molecule has 0 aliphatic rings. The van der Waals surface area contributed by atoms with Crippen molar-refractivity contribution in [3.05, 3.63) is 29.7 Å². The average Bonchev–Trinajstić information content (AvgIpc) is 2.76.